The minimum atomic E-state index is -1.38. The van der Waals surface area contributed by atoms with Gasteiger partial charge in [0.15, 0.2) is 12.1 Å². The zero-order valence-electron chi connectivity index (χ0n) is 31.0. The van der Waals surface area contributed by atoms with Crippen molar-refractivity contribution in [2.45, 2.75) is 146 Å². The number of allylic oxidation sites excluding steroid dienone is 2. The number of carbonyl (C=O) groups excluding carboxylic acids is 2. The molecule has 0 radical (unpaired) electrons. The summed E-state index contributed by atoms with van der Waals surface area (Å²) in [6.07, 6.45) is 10.0. The number of hydrogen-bond donors (Lipinski definition) is 1. The van der Waals surface area contributed by atoms with Gasteiger partial charge in [0, 0.05) is 23.8 Å². The van der Waals surface area contributed by atoms with E-state index in [2.05, 4.69) is 51.1 Å². The maximum Gasteiger partial charge on any atom is 0.183 e. The highest BCUT2D eigenvalue weighted by atomic mass is 32.2. The Labute approximate surface area is 298 Å². The average Bonchev–Trinajstić information content (AvgIpc) is 3.12. The highest BCUT2D eigenvalue weighted by molar-refractivity contribution is 8.00. The Balaban J connectivity index is 1.37. The highest BCUT2D eigenvalue weighted by Crippen LogP contribution is 2.57. The van der Waals surface area contributed by atoms with E-state index in [1.165, 1.54) is 10.5 Å². The van der Waals surface area contributed by atoms with Crippen LogP contribution in [0.25, 0.3) is 0 Å². The summed E-state index contributed by atoms with van der Waals surface area (Å²) in [4.78, 5) is 26.9. The third-order valence-corrected chi connectivity index (χ3v) is 14.0. The molecule has 49 heavy (non-hydrogen) atoms. The molecule has 1 heterocycles. The van der Waals surface area contributed by atoms with Crippen LogP contribution < -0.4 is 0 Å². The lowest BCUT2D eigenvalue weighted by molar-refractivity contribution is -0.247. The molecule has 5 rings (SSSR count). The van der Waals surface area contributed by atoms with Crippen molar-refractivity contribution in [3.05, 3.63) is 53.6 Å². The number of fused-ring (bicyclic) bond motifs is 3. The van der Waals surface area contributed by atoms with Crippen LogP contribution >= 0.6 is 11.8 Å². The fourth-order valence-corrected chi connectivity index (χ4v) is 10.6. The van der Waals surface area contributed by atoms with Crippen LogP contribution in [0.2, 0.25) is 0 Å². The number of ether oxygens (including phenoxy) is 4. The normalized spacial score (nSPS) is 40.2. The number of rotatable bonds is 10. The summed E-state index contributed by atoms with van der Waals surface area (Å²) in [5, 5.41) is 12.1. The molecule has 7 nitrogen and oxygen atoms in total. The van der Waals surface area contributed by atoms with Gasteiger partial charge in [-0.1, -0.05) is 56.2 Å². The summed E-state index contributed by atoms with van der Waals surface area (Å²) in [6, 6.07) is 10.4. The van der Waals surface area contributed by atoms with Crippen LogP contribution in [0.4, 0.5) is 0 Å². The van der Waals surface area contributed by atoms with Crippen LogP contribution in [-0.2, 0) is 28.5 Å². The predicted octanol–water partition coefficient (Wildman–Crippen LogP) is 8.13. The topological polar surface area (TPSA) is 91.3 Å². The van der Waals surface area contributed by atoms with Gasteiger partial charge in [-0.05, 0) is 115 Å². The first-order chi connectivity index (χ1) is 23.3. The summed E-state index contributed by atoms with van der Waals surface area (Å²) in [5.41, 5.74) is 0.587. The van der Waals surface area contributed by atoms with E-state index in [1.54, 1.807) is 45.7 Å². The molecule has 1 N–H and O–H groups in total. The van der Waals surface area contributed by atoms with Crippen molar-refractivity contribution in [1.29, 1.82) is 0 Å². The maximum absolute atomic E-state index is 12.9. The molecule has 8 heteroatoms. The van der Waals surface area contributed by atoms with Crippen molar-refractivity contribution in [1.82, 2.24) is 0 Å². The first-order valence-corrected chi connectivity index (χ1v) is 19.4. The van der Waals surface area contributed by atoms with Gasteiger partial charge in [0.1, 0.15) is 12.4 Å². The fraction of sp³-hybridized carbons (Fsp3) is 0.707. The molecule has 1 aromatic rings. The molecule has 0 aromatic heterocycles. The molecule has 1 aromatic carbocycles. The molecule has 272 valence electrons. The van der Waals surface area contributed by atoms with Crippen molar-refractivity contribution in [3.8, 4) is 0 Å². The van der Waals surface area contributed by atoms with Gasteiger partial charge in [-0.15, -0.1) is 11.8 Å². The van der Waals surface area contributed by atoms with E-state index < -0.39 is 23.9 Å². The van der Waals surface area contributed by atoms with Crippen molar-refractivity contribution in [3.63, 3.8) is 0 Å². The summed E-state index contributed by atoms with van der Waals surface area (Å²) in [6.45, 7) is 13.6. The SMILES string of the molecule is C/C=C(\C)C(=O)CO[C@@H]1CC2C(CC=C3CC(OC4OC(C)C(C)C(OC)C4Sc4ccccc4)CC[C@@]32C)CCCC(C(C)=O)[C@]1(C)O. The van der Waals surface area contributed by atoms with E-state index in [0.29, 0.717) is 24.3 Å². The molecule has 3 aliphatic carbocycles. The molecule has 9 unspecified atom stereocenters. The Morgan fingerprint density at radius 2 is 1.84 bits per heavy atom. The second kappa shape index (κ2) is 16.2. The molecule has 4 aliphatic rings. The van der Waals surface area contributed by atoms with Gasteiger partial charge in [0.2, 0.25) is 0 Å². The second-order valence-electron chi connectivity index (χ2n) is 15.7. The van der Waals surface area contributed by atoms with Crippen LogP contribution in [0.3, 0.4) is 0 Å². The molecule has 12 atom stereocenters. The Hall–Kier alpha value is -1.81. The van der Waals surface area contributed by atoms with Gasteiger partial charge in [-0.2, -0.15) is 0 Å². The fourth-order valence-electron chi connectivity index (χ4n) is 9.24. The number of Topliss-reactive ketones (excluding diaryl/α,β-unsaturated/α-hetero) is 2. The molecule has 0 bridgehead atoms. The molecule has 1 saturated heterocycles. The zero-order chi connectivity index (χ0) is 35.5. The number of thioether (sulfide) groups is 1. The van der Waals surface area contributed by atoms with Gasteiger partial charge >= 0.3 is 0 Å². The predicted molar refractivity (Wildman–Crippen MR) is 194 cm³/mol. The molecular weight excluding hydrogens is 637 g/mol. The first kappa shape index (κ1) is 38.4. The van der Waals surface area contributed by atoms with Gasteiger partial charge < -0.3 is 24.1 Å². The molecular formula is C41H60O7S. The Bertz CT molecular complexity index is 1360. The smallest absolute Gasteiger partial charge is 0.183 e. The number of benzene rings is 1. The van der Waals surface area contributed by atoms with E-state index in [-0.39, 0.29) is 59.0 Å². The minimum Gasteiger partial charge on any atom is -0.387 e. The third kappa shape index (κ3) is 8.31. The zero-order valence-corrected chi connectivity index (χ0v) is 31.8. The van der Waals surface area contributed by atoms with Gasteiger partial charge in [0.05, 0.1) is 35.3 Å². The van der Waals surface area contributed by atoms with E-state index in [9.17, 15) is 14.7 Å². The van der Waals surface area contributed by atoms with Gasteiger partial charge in [0.25, 0.3) is 0 Å². The summed E-state index contributed by atoms with van der Waals surface area (Å²) >= 11 is 1.78. The van der Waals surface area contributed by atoms with E-state index in [0.717, 1.165) is 38.5 Å². The van der Waals surface area contributed by atoms with Crippen LogP contribution in [-0.4, -0.2) is 71.9 Å². The molecule has 0 amide bonds. The summed E-state index contributed by atoms with van der Waals surface area (Å²) in [5.74, 6) is 0.266. The van der Waals surface area contributed by atoms with Crippen molar-refractivity contribution < 1.29 is 33.6 Å². The van der Waals surface area contributed by atoms with Crippen LogP contribution in [0.1, 0.15) is 99.8 Å². The molecule has 0 spiro atoms. The number of ketones is 2. The number of carbonyl (C=O) groups is 2. The Kier molecular flexibility index (Phi) is 12.7. The molecule has 1 aliphatic heterocycles. The monoisotopic (exact) mass is 696 g/mol. The van der Waals surface area contributed by atoms with Crippen LogP contribution in [0.5, 0.6) is 0 Å². The quantitative estimate of drug-likeness (QED) is 0.194. The van der Waals surface area contributed by atoms with Gasteiger partial charge in [-0.3, -0.25) is 9.59 Å². The summed E-state index contributed by atoms with van der Waals surface area (Å²) < 4.78 is 26.0. The van der Waals surface area contributed by atoms with Crippen molar-refractivity contribution >= 4 is 23.3 Å². The Morgan fingerprint density at radius 1 is 1.10 bits per heavy atom. The standard InChI is InChI=1S/C41H60O7S/c1-9-25(2)35(43)24-46-36-23-34-29(14-13-17-33(27(4)42)41(36,7)44)18-19-30-22-31(20-21-40(30,34)6)48-39-38(49-32-15-11-10-12-16-32)37(45-8)26(3)28(5)47-39/h9-12,15-16,19,26,28-29,31,33-34,36-39,44H,13-14,17-18,20-24H2,1-8H3/b25-9+/t26?,28?,29?,31?,33?,34?,36-,37?,38?,39?,40+,41+/m1/s1. The lowest BCUT2D eigenvalue weighted by Crippen LogP contribution is -2.54. The lowest BCUT2D eigenvalue weighted by atomic mass is 9.54. The minimum absolute atomic E-state index is 0.00533. The summed E-state index contributed by atoms with van der Waals surface area (Å²) in [7, 11) is 1.80. The molecule has 3 fully saturated rings. The van der Waals surface area contributed by atoms with Crippen molar-refractivity contribution in [2.24, 2.45) is 29.1 Å². The second-order valence-corrected chi connectivity index (χ2v) is 16.9. The average molecular weight is 697 g/mol. The largest absolute Gasteiger partial charge is 0.387 e. The highest BCUT2D eigenvalue weighted by Gasteiger charge is 2.53. The van der Waals surface area contributed by atoms with Crippen molar-refractivity contribution in [2.75, 3.05) is 13.7 Å². The number of methoxy groups -OCH3 is 1. The maximum atomic E-state index is 12.9. The third-order valence-electron chi connectivity index (χ3n) is 12.7. The van der Waals surface area contributed by atoms with Crippen LogP contribution in [0, 0.1) is 29.1 Å². The van der Waals surface area contributed by atoms with Gasteiger partial charge in [-0.25, -0.2) is 0 Å². The van der Waals surface area contributed by atoms with E-state index in [4.69, 9.17) is 18.9 Å². The van der Waals surface area contributed by atoms with E-state index in [1.807, 2.05) is 13.0 Å². The molecule has 2 saturated carbocycles. The number of hydrogen-bond acceptors (Lipinski definition) is 8. The van der Waals surface area contributed by atoms with E-state index >= 15 is 0 Å². The lowest BCUT2D eigenvalue weighted by Gasteiger charge is -2.53. The number of aliphatic hydroxyl groups is 1. The van der Waals surface area contributed by atoms with Crippen LogP contribution in [0.15, 0.2) is 58.5 Å². The Morgan fingerprint density at radius 3 is 2.51 bits per heavy atom. The first-order valence-electron chi connectivity index (χ1n) is 18.6.